The number of amides is 1. The lowest BCUT2D eigenvalue weighted by atomic mass is 9.97. The summed E-state index contributed by atoms with van der Waals surface area (Å²) < 4.78 is 36.3. The first kappa shape index (κ1) is 25.4. The summed E-state index contributed by atoms with van der Waals surface area (Å²) in [4.78, 5) is 24.7. The number of nitrogen functional groups attached to an aromatic ring is 1. The van der Waals surface area contributed by atoms with Crippen molar-refractivity contribution in [2.24, 2.45) is 0 Å². The minimum absolute atomic E-state index is 0.0139. The highest BCUT2D eigenvalue weighted by atomic mass is 32.1. The van der Waals surface area contributed by atoms with Crippen molar-refractivity contribution in [1.29, 1.82) is 5.26 Å². The van der Waals surface area contributed by atoms with Gasteiger partial charge in [0.2, 0.25) is 5.91 Å². The number of carbonyl (C=O) groups is 1. The first-order valence-electron chi connectivity index (χ1n) is 11.8. The Morgan fingerprint density at radius 3 is 2.74 bits per heavy atom. The van der Waals surface area contributed by atoms with Crippen LogP contribution in [0.25, 0.3) is 32.1 Å². The maximum absolute atomic E-state index is 16.2. The van der Waals surface area contributed by atoms with E-state index in [0.29, 0.717) is 29.7 Å². The lowest BCUT2D eigenvalue weighted by Crippen LogP contribution is -2.43. The summed E-state index contributed by atoms with van der Waals surface area (Å²) in [6, 6.07) is 7.70. The molecule has 1 saturated heterocycles. The molecule has 11 heteroatoms. The number of nitrogens with two attached hydrogens (primary N) is 1. The predicted octanol–water partition coefficient (Wildman–Crippen LogP) is 4.86. The number of methoxy groups -OCH3 is 1. The number of halogens is 2. The van der Waals surface area contributed by atoms with Gasteiger partial charge in [0.1, 0.15) is 28.2 Å². The first-order valence-corrected chi connectivity index (χ1v) is 12.6. The largest absolute Gasteiger partial charge is 0.467 e. The van der Waals surface area contributed by atoms with Gasteiger partial charge in [0.05, 0.1) is 23.4 Å². The average Bonchev–Trinajstić information content (AvgIpc) is 3.47. The molecule has 4 aromatic rings. The molecule has 194 valence electrons. The maximum atomic E-state index is 16.2. The first-order chi connectivity index (χ1) is 18.2. The maximum Gasteiger partial charge on any atom is 0.318 e. The number of rotatable bonds is 5. The number of ether oxygens (including phenoxy) is 1. The SMILES string of the molecule is C=CC(=O)N1CC[C@@H](N(C)c2nc(OC)nc3c(F)c(-c4ccc(F)c5sc(N)c(C#N)c45)ccc23)[C@H]1C. The van der Waals surface area contributed by atoms with E-state index in [4.69, 9.17) is 10.5 Å². The Labute approximate surface area is 221 Å². The fraction of sp³-hybridized carbons (Fsp3) is 0.259. The van der Waals surface area contributed by atoms with Crippen LogP contribution in [-0.2, 0) is 4.79 Å². The fourth-order valence-electron chi connectivity index (χ4n) is 5.25. The van der Waals surface area contributed by atoms with Gasteiger partial charge in [-0.25, -0.2) is 8.78 Å². The Morgan fingerprint density at radius 2 is 2.05 bits per heavy atom. The van der Waals surface area contributed by atoms with Crippen LogP contribution in [-0.4, -0.2) is 53.6 Å². The van der Waals surface area contributed by atoms with Gasteiger partial charge in [-0.15, -0.1) is 11.3 Å². The normalized spacial score (nSPS) is 17.1. The fourth-order valence-corrected chi connectivity index (χ4v) is 6.19. The number of thiophene rings is 1. The van der Waals surface area contributed by atoms with E-state index in [1.54, 1.807) is 17.0 Å². The Hall–Kier alpha value is -4.30. The number of nitrogens with zero attached hydrogens (tertiary/aromatic N) is 5. The molecular formula is C27H24F2N6O2S. The van der Waals surface area contributed by atoms with Gasteiger partial charge in [-0.05, 0) is 37.1 Å². The molecule has 2 aromatic carbocycles. The average molecular weight is 535 g/mol. The summed E-state index contributed by atoms with van der Waals surface area (Å²) in [5.41, 5.74) is 6.57. The molecule has 2 aromatic heterocycles. The molecular weight excluding hydrogens is 510 g/mol. The summed E-state index contributed by atoms with van der Waals surface area (Å²) >= 11 is 0.950. The van der Waals surface area contributed by atoms with Crippen molar-refractivity contribution in [1.82, 2.24) is 14.9 Å². The van der Waals surface area contributed by atoms with Crippen molar-refractivity contribution in [3.8, 4) is 23.2 Å². The van der Waals surface area contributed by atoms with Gasteiger partial charge in [0, 0.05) is 36.0 Å². The second-order valence-electron chi connectivity index (χ2n) is 9.05. The summed E-state index contributed by atoms with van der Waals surface area (Å²) in [6.07, 6.45) is 1.99. The Bertz CT molecular complexity index is 1660. The van der Waals surface area contributed by atoms with E-state index in [-0.39, 0.29) is 55.7 Å². The molecule has 0 unspecified atom stereocenters. The smallest absolute Gasteiger partial charge is 0.318 e. The number of hydrogen-bond donors (Lipinski definition) is 1. The Balaban J connectivity index is 1.68. The number of aromatic nitrogens is 2. The highest BCUT2D eigenvalue weighted by Crippen LogP contribution is 2.43. The predicted molar refractivity (Wildman–Crippen MR) is 144 cm³/mol. The van der Waals surface area contributed by atoms with Gasteiger partial charge >= 0.3 is 6.01 Å². The lowest BCUT2D eigenvalue weighted by Gasteiger charge is -2.32. The van der Waals surface area contributed by atoms with Crippen molar-refractivity contribution < 1.29 is 18.3 Å². The van der Waals surface area contributed by atoms with Crippen LogP contribution in [0.2, 0.25) is 0 Å². The van der Waals surface area contributed by atoms with Gasteiger partial charge < -0.3 is 20.3 Å². The molecule has 8 nitrogen and oxygen atoms in total. The second-order valence-corrected chi connectivity index (χ2v) is 10.1. The number of carbonyl (C=O) groups excluding carboxylic acids is 1. The summed E-state index contributed by atoms with van der Waals surface area (Å²) in [7, 11) is 3.24. The van der Waals surface area contributed by atoms with Crippen LogP contribution in [0.1, 0.15) is 18.9 Å². The summed E-state index contributed by atoms with van der Waals surface area (Å²) in [6.45, 7) is 6.09. The third kappa shape index (κ3) is 3.80. The van der Waals surface area contributed by atoms with Crippen molar-refractivity contribution in [3.63, 3.8) is 0 Å². The van der Waals surface area contributed by atoms with E-state index in [2.05, 4.69) is 16.5 Å². The monoisotopic (exact) mass is 534 g/mol. The lowest BCUT2D eigenvalue weighted by molar-refractivity contribution is -0.126. The molecule has 0 bridgehead atoms. The Kier molecular flexibility index (Phi) is 6.36. The van der Waals surface area contributed by atoms with Crippen LogP contribution in [0.15, 0.2) is 36.9 Å². The van der Waals surface area contributed by atoms with E-state index >= 15 is 4.39 Å². The highest BCUT2D eigenvalue weighted by molar-refractivity contribution is 7.23. The van der Waals surface area contributed by atoms with Gasteiger partial charge in [0.15, 0.2) is 5.82 Å². The zero-order valence-electron chi connectivity index (χ0n) is 21.0. The minimum atomic E-state index is -0.664. The number of benzene rings is 2. The number of fused-ring (bicyclic) bond motifs is 2. The minimum Gasteiger partial charge on any atom is -0.467 e. The van der Waals surface area contributed by atoms with Crippen molar-refractivity contribution in [2.75, 3.05) is 31.3 Å². The van der Waals surface area contributed by atoms with Gasteiger partial charge in [-0.2, -0.15) is 15.2 Å². The molecule has 5 rings (SSSR count). The number of hydrogen-bond acceptors (Lipinski definition) is 8. The van der Waals surface area contributed by atoms with Gasteiger partial charge in [0.25, 0.3) is 0 Å². The molecule has 0 saturated carbocycles. The Morgan fingerprint density at radius 1 is 1.32 bits per heavy atom. The van der Waals surface area contributed by atoms with Crippen molar-refractivity contribution in [2.45, 2.75) is 25.4 Å². The standard InChI is InChI=1S/C27H24F2N6O2S/c1-5-20(36)35-11-10-19(13(35)2)34(3)26-16-7-6-15(22(29)23(16)32-27(33-26)37-4)14-8-9-18(28)24-21(14)17(12-30)25(31)38-24/h5-9,13,19H,1,10-11,31H2,2-4H3/t13-,19-/m1/s1. The molecule has 3 heterocycles. The number of anilines is 2. The molecule has 2 N–H and O–H groups in total. The molecule has 2 atom stereocenters. The van der Waals surface area contributed by atoms with E-state index in [0.717, 1.165) is 11.3 Å². The van der Waals surface area contributed by atoms with E-state index in [9.17, 15) is 14.4 Å². The number of likely N-dealkylation sites (tertiary alicyclic amines) is 1. The number of nitriles is 1. The molecule has 1 fully saturated rings. The van der Waals surface area contributed by atoms with Crippen LogP contribution in [0.4, 0.5) is 19.6 Å². The van der Waals surface area contributed by atoms with Crippen LogP contribution in [0, 0.1) is 23.0 Å². The highest BCUT2D eigenvalue weighted by Gasteiger charge is 2.36. The van der Waals surface area contributed by atoms with Gasteiger partial charge in [-0.3, -0.25) is 4.79 Å². The summed E-state index contributed by atoms with van der Waals surface area (Å²) in [5, 5.41) is 10.5. The summed E-state index contributed by atoms with van der Waals surface area (Å²) in [5.74, 6) is -0.900. The quantitative estimate of drug-likeness (QED) is 0.364. The van der Waals surface area contributed by atoms with Crippen LogP contribution < -0.4 is 15.4 Å². The van der Waals surface area contributed by atoms with Crippen LogP contribution >= 0.6 is 11.3 Å². The molecule has 1 aliphatic rings. The third-order valence-corrected chi connectivity index (χ3v) is 8.20. The van der Waals surface area contributed by atoms with E-state index in [1.165, 1.54) is 25.3 Å². The molecule has 0 radical (unpaired) electrons. The second kappa shape index (κ2) is 9.54. The molecule has 1 amide bonds. The zero-order chi connectivity index (χ0) is 27.3. The molecule has 1 aliphatic heterocycles. The van der Waals surface area contributed by atoms with Crippen LogP contribution in [0.5, 0.6) is 6.01 Å². The molecule has 38 heavy (non-hydrogen) atoms. The molecule has 0 aliphatic carbocycles. The van der Waals surface area contributed by atoms with Gasteiger partial charge in [-0.1, -0.05) is 18.7 Å². The van der Waals surface area contributed by atoms with E-state index < -0.39 is 11.6 Å². The third-order valence-electron chi connectivity index (χ3n) is 7.17. The van der Waals surface area contributed by atoms with Crippen molar-refractivity contribution >= 4 is 49.1 Å². The molecule has 0 spiro atoms. The van der Waals surface area contributed by atoms with E-state index in [1.807, 2.05) is 24.9 Å². The zero-order valence-corrected chi connectivity index (χ0v) is 21.8. The topological polar surface area (TPSA) is 108 Å². The van der Waals surface area contributed by atoms with Crippen LogP contribution in [0.3, 0.4) is 0 Å². The number of likely N-dealkylation sites (N-methyl/N-ethyl adjacent to an activating group) is 1. The van der Waals surface area contributed by atoms with Crippen molar-refractivity contribution in [3.05, 3.63) is 54.1 Å².